The van der Waals surface area contributed by atoms with E-state index in [0.29, 0.717) is 10.0 Å². The summed E-state index contributed by atoms with van der Waals surface area (Å²) in [5.74, 6) is 0.803. The fourth-order valence-electron chi connectivity index (χ4n) is 18.0. The number of hydrogen-bond acceptors (Lipinski definition) is 6. The Morgan fingerprint density at radius 1 is 0.254 bits per heavy atom. The second-order valence-electron chi connectivity index (χ2n) is 33.1. The number of nitrogens with one attached hydrogen (secondary N) is 1. The Hall–Kier alpha value is -14.5. The number of benzene rings is 17. The van der Waals surface area contributed by atoms with Crippen LogP contribution >= 0.6 is 34.8 Å². The number of fused-ring (bicyclic) bond motifs is 25. The number of rotatable bonds is 8. The molecule has 0 bridgehead atoms. The van der Waals surface area contributed by atoms with Crippen molar-refractivity contribution in [2.24, 2.45) is 0 Å². The van der Waals surface area contributed by atoms with Crippen LogP contribution in [0.3, 0.4) is 0 Å². The number of hydrogen-bond donors (Lipinski definition) is 1. The first-order valence-corrected chi connectivity index (χ1v) is 43.4. The number of aromatic nitrogens is 8. The predicted octanol–water partition coefficient (Wildman–Crippen LogP) is 29.9. The minimum Gasteiger partial charge on any atom is -0.399 e. The number of pyridine rings is 3. The Bertz CT molecular complexity index is 8360. The van der Waals surface area contributed by atoms with Gasteiger partial charge in [-0.1, -0.05) is 284 Å². The van der Waals surface area contributed by atoms with E-state index in [-0.39, 0.29) is 11.2 Å². The number of imidazole rings is 4. The average molecular weight is 1690 g/mol. The van der Waals surface area contributed by atoms with Crippen molar-refractivity contribution in [3.8, 4) is 78.1 Å². The van der Waals surface area contributed by atoms with Crippen molar-refractivity contribution in [1.82, 2.24) is 38.1 Å². The number of halogens is 3. The molecule has 8 heterocycles. The topological polar surface area (TPSA) is 99.0 Å². The molecule has 0 aliphatic carbocycles. The highest BCUT2D eigenvalue weighted by molar-refractivity contribution is 6.62. The van der Waals surface area contributed by atoms with Crippen LogP contribution in [0.1, 0.15) is 27.7 Å². The number of para-hydroxylation sites is 8. The van der Waals surface area contributed by atoms with E-state index in [2.05, 4.69) is 355 Å². The van der Waals surface area contributed by atoms with Gasteiger partial charge in [-0.25, -0.2) is 19.9 Å². The molecule has 25 rings (SSSR count). The molecule has 126 heavy (non-hydrogen) atoms. The maximum atomic E-state index is 6.58. The van der Waals surface area contributed by atoms with Crippen LogP contribution in [0.2, 0.25) is 15.1 Å². The lowest BCUT2D eigenvalue weighted by Gasteiger charge is -2.32. The van der Waals surface area contributed by atoms with E-state index in [9.17, 15) is 0 Å². The minimum absolute atomic E-state index is 0.389. The summed E-state index contributed by atoms with van der Waals surface area (Å²) < 4.78 is 19.6. The van der Waals surface area contributed by atoms with E-state index in [1.54, 1.807) is 6.07 Å². The van der Waals surface area contributed by atoms with Gasteiger partial charge >= 0.3 is 7.12 Å². The average Bonchev–Trinajstić information content (AvgIpc) is 1.55. The second kappa shape index (κ2) is 31.7. The van der Waals surface area contributed by atoms with Crippen LogP contribution in [0, 0.1) is 0 Å². The molecule has 14 heteroatoms. The number of aromatic amines is 1. The van der Waals surface area contributed by atoms with Gasteiger partial charge in [-0.05, 0) is 256 Å². The second-order valence-corrected chi connectivity index (χ2v) is 34.4. The quantitative estimate of drug-likeness (QED) is 0.120. The van der Waals surface area contributed by atoms with Crippen LogP contribution < -0.4 is 5.46 Å². The molecule has 1 saturated heterocycles. The molecular formula is C112H78BCl3N8O2. The molecule has 17 aromatic carbocycles. The molecular weight excluding hydrogens is 1610 g/mol. The molecule has 1 N–H and O–H groups in total. The Morgan fingerprint density at radius 2 is 0.595 bits per heavy atom. The van der Waals surface area contributed by atoms with Crippen LogP contribution in [-0.2, 0) is 9.31 Å². The Morgan fingerprint density at radius 3 is 1.04 bits per heavy atom. The van der Waals surface area contributed by atoms with Crippen LogP contribution in [0.5, 0.6) is 0 Å². The van der Waals surface area contributed by atoms with Crippen LogP contribution in [0.25, 0.3) is 204 Å². The summed E-state index contributed by atoms with van der Waals surface area (Å²) in [6.07, 6.45) is 0. The summed E-state index contributed by atoms with van der Waals surface area (Å²) in [4.78, 5) is 23.3. The van der Waals surface area contributed by atoms with E-state index in [0.717, 1.165) is 138 Å². The molecule has 0 radical (unpaired) electrons. The van der Waals surface area contributed by atoms with Gasteiger partial charge in [-0.3, -0.25) is 13.2 Å². The van der Waals surface area contributed by atoms with E-state index in [1.165, 1.54) is 77.0 Å². The van der Waals surface area contributed by atoms with Gasteiger partial charge < -0.3 is 14.3 Å². The monoisotopic (exact) mass is 1680 g/mol. The summed E-state index contributed by atoms with van der Waals surface area (Å²) in [5, 5.41) is 12.6. The van der Waals surface area contributed by atoms with E-state index < -0.39 is 7.12 Å². The highest BCUT2D eigenvalue weighted by atomic mass is 35.5. The molecule has 0 saturated carbocycles. The maximum Gasteiger partial charge on any atom is 0.494 e. The van der Waals surface area contributed by atoms with Gasteiger partial charge in [0.1, 0.15) is 22.8 Å². The molecule has 0 atom stereocenters. The molecule has 24 aromatic rings. The van der Waals surface area contributed by atoms with Crippen molar-refractivity contribution in [2.45, 2.75) is 38.9 Å². The van der Waals surface area contributed by atoms with Crippen molar-refractivity contribution in [2.75, 3.05) is 0 Å². The SMILES string of the molecule is CC1(C)OB(c2ccc3c(c2)c2cc(-c4ccccc4)ccc2c2nc4ccccc4n32)OC1(C)C.Clc1ccc(Cl)c(-c2cc(-c3ccccc3)ccc2-c2nc3ccccc3[nH]2)c1.Clc1ccc2c(c1)c1cc(-c3ccccc3)ccc1c1nc3ccccc3n21.c1ccc(-c2ccc3c(c2)c2cc(-c4ccccc4)ccc2n2c4ccccc4nc32)cc1. The summed E-state index contributed by atoms with van der Waals surface area (Å²) >= 11 is 19.3. The molecule has 1 aliphatic rings. The lowest BCUT2D eigenvalue weighted by molar-refractivity contribution is 0.00578. The van der Waals surface area contributed by atoms with Crippen molar-refractivity contribution in [1.29, 1.82) is 0 Å². The lowest BCUT2D eigenvalue weighted by Crippen LogP contribution is -2.41. The highest BCUT2D eigenvalue weighted by Crippen LogP contribution is 2.45. The molecule has 7 aromatic heterocycles. The Labute approximate surface area is 741 Å². The Kier molecular flexibility index (Phi) is 19.5. The lowest BCUT2D eigenvalue weighted by atomic mass is 9.78. The zero-order valence-corrected chi connectivity index (χ0v) is 71.5. The van der Waals surface area contributed by atoms with Gasteiger partial charge in [0, 0.05) is 58.5 Å². The maximum absolute atomic E-state index is 6.58. The molecule has 0 amide bonds. The van der Waals surface area contributed by atoms with Gasteiger partial charge in [0.15, 0.2) is 0 Å². The van der Waals surface area contributed by atoms with Crippen molar-refractivity contribution in [3.05, 3.63) is 409 Å². The van der Waals surface area contributed by atoms with E-state index >= 15 is 0 Å². The van der Waals surface area contributed by atoms with Gasteiger partial charge in [-0.15, -0.1) is 0 Å². The van der Waals surface area contributed by atoms with Crippen LogP contribution in [-0.4, -0.2) is 56.4 Å². The minimum atomic E-state index is -0.415. The third-order valence-electron chi connectivity index (χ3n) is 25.0. The van der Waals surface area contributed by atoms with Gasteiger partial charge in [0.05, 0.1) is 71.9 Å². The van der Waals surface area contributed by atoms with E-state index in [1.807, 2.05) is 78.9 Å². The molecule has 0 spiro atoms. The van der Waals surface area contributed by atoms with Crippen molar-refractivity contribution in [3.63, 3.8) is 0 Å². The van der Waals surface area contributed by atoms with Crippen LogP contribution in [0.15, 0.2) is 394 Å². The fraction of sp³-hybridized carbons (Fsp3) is 0.0536. The predicted molar refractivity (Wildman–Crippen MR) is 528 cm³/mol. The first kappa shape index (κ1) is 77.5. The van der Waals surface area contributed by atoms with Crippen LogP contribution in [0.4, 0.5) is 0 Å². The third kappa shape index (κ3) is 13.9. The fourth-order valence-corrected chi connectivity index (χ4v) is 18.6. The summed E-state index contributed by atoms with van der Waals surface area (Å²) in [5.41, 5.74) is 29.7. The standard InChI is InChI=1S/C31H27BN2O2.C31H20N2.C25H16Cl2N2.C25H15ClN2/c1-30(2)31(3,4)36-32(35-30)22-15-17-27-25(19-22)24-18-21(20-10-6-5-7-11-20)14-16-23(24)29-33-26-12-8-9-13-28(26)34(27)29;1-3-9-21(10-4-1)23-15-17-25-26(19-23)27-20-24(22-11-5-2-6-12-22)16-18-29(27)33-30-14-8-7-13-28(30)32-31(25)33;26-18-11-13-22(27)21(15-18)20-14-17(16-6-2-1-3-7-16)10-12-19(20)25-28-23-8-4-5-9-24(23)29-25;26-18-11-13-23-21(15-18)20-14-17(16-6-2-1-3-7-16)10-12-19(20)25-27-22-8-4-5-9-24(22)28(23)25/h5-19H,1-4H3;1-20H;1-15H,(H,28,29);1-15H. The zero-order valence-electron chi connectivity index (χ0n) is 69.2. The smallest absolute Gasteiger partial charge is 0.399 e. The van der Waals surface area contributed by atoms with Gasteiger partial charge in [0.2, 0.25) is 0 Å². The summed E-state index contributed by atoms with van der Waals surface area (Å²) in [6, 6.07) is 137. The molecule has 10 nitrogen and oxygen atoms in total. The molecule has 602 valence electrons. The highest BCUT2D eigenvalue weighted by Gasteiger charge is 2.52. The largest absolute Gasteiger partial charge is 0.494 e. The number of H-pyrrole nitrogens is 1. The van der Waals surface area contributed by atoms with Gasteiger partial charge in [-0.2, -0.15) is 0 Å². The third-order valence-corrected chi connectivity index (χ3v) is 25.8. The Balaban J connectivity index is 0.0000000999. The van der Waals surface area contributed by atoms with Crippen molar-refractivity contribution < 1.29 is 9.31 Å². The summed E-state index contributed by atoms with van der Waals surface area (Å²) in [7, 11) is -0.415. The van der Waals surface area contributed by atoms with Gasteiger partial charge in [0.25, 0.3) is 0 Å². The van der Waals surface area contributed by atoms with E-state index in [4.69, 9.17) is 64.0 Å². The molecule has 0 unspecified atom stereocenters. The first-order chi connectivity index (χ1) is 61.7. The summed E-state index contributed by atoms with van der Waals surface area (Å²) in [6.45, 7) is 8.38. The number of nitrogens with zero attached hydrogens (tertiary/aromatic N) is 7. The van der Waals surface area contributed by atoms with Crippen molar-refractivity contribution >= 4 is 173 Å². The molecule has 1 fully saturated rings. The molecule has 1 aliphatic heterocycles. The zero-order chi connectivity index (χ0) is 84.9. The first-order valence-electron chi connectivity index (χ1n) is 42.3. The normalized spacial score (nSPS) is 13.1.